The van der Waals surface area contributed by atoms with Crippen molar-refractivity contribution in [3.8, 4) is 0 Å². The average molecular weight is 317 g/mol. The number of hydrogen-bond donors (Lipinski definition) is 2. The molecule has 0 saturated carbocycles. The molecule has 0 radical (unpaired) electrons. The van der Waals surface area contributed by atoms with Gasteiger partial charge in [0.25, 0.3) is 0 Å². The van der Waals surface area contributed by atoms with Gasteiger partial charge < -0.3 is 11.1 Å². The van der Waals surface area contributed by atoms with Crippen LogP contribution in [0.15, 0.2) is 24.3 Å². The molecular weight excluding hydrogens is 286 g/mol. The fraction of sp³-hybridized carbons (Fsp3) is 0.632. The Hall–Kier alpha value is -1.55. The summed E-state index contributed by atoms with van der Waals surface area (Å²) in [4.78, 5) is 14.7. The van der Waals surface area contributed by atoms with Crippen LogP contribution in [0.4, 0.5) is 5.69 Å². The van der Waals surface area contributed by atoms with E-state index in [1.165, 1.54) is 12.8 Å². The Morgan fingerprint density at radius 2 is 2.13 bits per heavy atom. The predicted octanol–water partition coefficient (Wildman–Crippen LogP) is 2.83. The SMILES string of the molecule is CC1CCCN(C(C)(C)CNC(=O)CCc2ccccc2N)C1. The molecule has 0 aromatic heterocycles. The Balaban J connectivity index is 1.78. The predicted molar refractivity (Wildman–Crippen MR) is 96.2 cm³/mol. The third-order valence-corrected chi connectivity index (χ3v) is 4.91. The van der Waals surface area contributed by atoms with Crippen molar-refractivity contribution in [3.05, 3.63) is 29.8 Å². The number of nitrogens with one attached hydrogen (secondary N) is 1. The minimum atomic E-state index is 0.0100. The number of rotatable bonds is 6. The molecule has 4 heteroatoms. The normalized spacial score (nSPS) is 19.5. The first-order valence-electron chi connectivity index (χ1n) is 8.73. The van der Waals surface area contributed by atoms with Crippen molar-refractivity contribution < 1.29 is 4.79 Å². The first kappa shape index (κ1) is 17.8. The van der Waals surface area contributed by atoms with Crippen LogP contribution in [0, 0.1) is 5.92 Å². The number of aryl methyl sites for hydroxylation is 1. The highest BCUT2D eigenvalue weighted by molar-refractivity contribution is 5.76. The molecule has 128 valence electrons. The van der Waals surface area contributed by atoms with E-state index >= 15 is 0 Å². The third kappa shape index (κ3) is 5.24. The number of likely N-dealkylation sites (tertiary alicyclic amines) is 1. The van der Waals surface area contributed by atoms with Gasteiger partial charge >= 0.3 is 0 Å². The van der Waals surface area contributed by atoms with Crippen LogP contribution in [0.5, 0.6) is 0 Å². The molecule has 1 aliphatic rings. The maximum atomic E-state index is 12.2. The Kier molecular flexibility index (Phi) is 6.05. The molecule has 1 atom stereocenters. The summed E-state index contributed by atoms with van der Waals surface area (Å²) in [6.45, 7) is 9.71. The molecule has 0 spiro atoms. The number of piperidine rings is 1. The average Bonchev–Trinajstić information content (AvgIpc) is 2.52. The van der Waals surface area contributed by atoms with E-state index in [-0.39, 0.29) is 11.4 Å². The van der Waals surface area contributed by atoms with Gasteiger partial charge in [-0.3, -0.25) is 9.69 Å². The Morgan fingerprint density at radius 3 is 2.83 bits per heavy atom. The lowest BCUT2D eigenvalue weighted by Crippen LogP contribution is -2.54. The molecule has 3 N–H and O–H groups in total. The monoisotopic (exact) mass is 317 g/mol. The fourth-order valence-corrected chi connectivity index (χ4v) is 3.26. The highest BCUT2D eigenvalue weighted by atomic mass is 16.1. The highest BCUT2D eigenvalue weighted by Crippen LogP contribution is 2.23. The van der Waals surface area contributed by atoms with Crippen LogP contribution in [0.3, 0.4) is 0 Å². The molecule has 0 aliphatic carbocycles. The lowest BCUT2D eigenvalue weighted by atomic mass is 9.93. The van der Waals surface area contributed by atoms with Crippen molar-refractivity contribution in [1.82, 2.24) is 10.2 Å². The minimum absolute atomic E-state index is 0.0100. The second-order valence-electron chi connectivity index (χ2n) is 7.48. The van der Waals surface area contributed by atoms with Crippen molar-refractivity contribution in [2.75, 3.05) is 25.4 Å². The van der Waals surface area contributed by atoms with E-state index in [9.17, 15) is 4.79 Å². The van der Waals surface area contributed by atoms with E-state index in [2.05, 4.69) is 31.0 Å². The fourth-order valence-electron chi connectivity index (χ4n) is 3.26. The van der Waals surface area contributed by atoms with Crippen molar-refractivity contribution in [1.29, 1.82) is 0 Å². The molecule has 4 nitrogen and oxygen atoms in total. The van der Waals surface area contributed by atoms with Gasteiger partial charge in [-0.15, -0.1) is 0 Å². The summed E-state index contributed by atoms with van der Waals surface area (Å²) in [6.07, 6.45) is 3.75. The van der Waals surface area contributed by atoms with Gasteiger partial charge in [-0.1, -0.05) is 25.1 Å². The van der Waals surface area contributed by atoms with Crippen LogP contribution >= 0.6 is 0 Å². The summed E-state index contributed by atoms with van der Waals surface area (Å²) in [5.41, 5.74) is 7.75. The first-order chi connectivity index (χ1) is 10.9. The van der Waals surface area contributed by atoms with Gasteiger partial charge in [0.15, 0.2) is 0 Å². The molecule has 1 unspecified atom stereocenters. The van der Waals surface area contributed by atoms with Gasteiger partial charge in [0.1, 0.15) is 0 Å². The zero-order chi connectivity index (χ0) is 16.9. The van der Waals surface area contributed by atoms with Gasteiger partial charge in [-0.2, -0.15) is 0 Å². The summed E-state index contributed by atoms with van der Waals surface area (Å²) in [6, 6.07) is 7.75. The summed E-state index contributed by atoms with van der Waals surface area (Å²) in [5.74, 6) is 0.853. The number of anilines is 1. The quantitative estimate of drug-likeness (QED) is 0.793. The number of benzene rings is 1. The molecule has 1 heterocycles. The second-order valence-corrected chi connectivity index (χ2v) is 7.48. The standard InChI is InChI=1S/C19H31N3O/c1-15-7-6-12-22(13-15)19(2,3)14-21-18(23)11-10-16-8-4-5-9-17(16)20/h4-5,8-9,15H,6-7,10-14,20H2,1-3H3,(H,21,23). The van der Waals surface area contributed by atoms with Crippen molar-refractivity contribution in [2.24, 2.45) is 5.92 Å². The van der Waals surface area contributed by atoms with E-state index < -0.39 is 0 Å². The van der Waals surface area contributed by atoms with Gasteiger partial charge in [-0.05, 0) is 57.2 Å². The maximum absolute atomic E-state index is 12.2. The number of nitrogen functional groups attached to an aromatic ring is 1. The van der Waals surface area contributed by atoms with E-state index in [0.29, 0.717) is 19.4 Å². The van der Waals surface area contributed by atoms with Crippen LogP contribution in [0.1, 0.15) is 45.6 Å². The number of para-hydroxylation sites is 1. The van der Waals surface area contributed by atoms with E-state index in [1.54, 1.807) is 0 Å². The van der Waals surface area contributed by atoms with Crippen LogP contribution in [-0.2, 0) is 11.2 Å². The highest BCUT2D eigenvalue weighted by Gasteiger charge is 2.30. The Morgan fingerprint density at radius 1 is 1.39 bits per heavy atom. The Labute approximate surface area is 140 Å². The largest absolute Gasteiger partial charge is 0.399 e. The molecule has 1 aliphatic heterocycles. The lowest BCUT2D eigenvalue weighted by molar-refractivity contribution is -0.121. The van der Waals surface area contributed by atoms with E-state index in [1.807, 2.05) is 24.3 Å². The summed E-state index contributed by atoms with van der Waals surface area (Å²) >= 11 is 0. The van der Waals surface area contributed by atoms with Gasteiger partial charge in [-0.25, -0.2) is 0 Å². The zero-order valence-corrected chi connectivity index (χ0v) is 14.8. The lowest BCUT2D eigenvalue weighted by Gasteiger charge is -2.43. The molecule has 1 aromatic carbocycles. The molecule has 0 bridgehead atoms. The van der Waals surface area contributed by atoms with Gasteiger partial charge in [0.05, 0.1) is 0 Å². The van der Waals surface area contributed by atoms with Crippen molar-refractivity contribution in [2.45, 2.75) is 52.0 Å². The summed E-state index contributed by atoms with van der Waals surface area (Å²) in [5, 5.41) is 3.10. The summed E-state index contributed by atoms with van der Waals surface area (Å²) < 4.78 is 0. The van der Waals surface area contributed by atoms with Crippen LogP contribution < -0.4 is 11.1 Å². The third-order valence-electron chi connectivity index (χ3n) is 4.91. The van der Waals surface area contributed by atoms with Crippen molar-refractivity contribution >= 4 is 11.6 Å². The number of nitrogens with zero attached hydrogens (tertiary/aromatic N) is 1. The van der Waals surface area contributed by atoms with Gasteiger partial charge in [0, 0.05) is 30.7 Å². The molecule has 2 rings (SSSR count). The number of carbonyl (C=O) groups is 1. The molecular formula is C19H31N3O. The Bertz CT molecular complexity index is 527. The minimum Gasteiger partial charge on any atom is -0.399 e. The summed E-state index contributed by atoms with van der Waals surface area (Å²) in [7, 11) is 0. The van der Waals surface area contributed by atoms with E-state index in [0.717, 1.165) is 30.3 Å². The smallest absolute Gasteiger partial charge is 0.220 e. The molecule has 1 saturated heterocycles. The topological polar surface area (TPSA) is 58.4 Å². The molecule has 23 heavy (non-hydrogen) atoms. The first-order valence-corrected chi connectivity index (χ1v) is 8.73. The van der Waals surface area contributed by atoms with Crippen LogP contribution in [-0.4, -0.2) is 36.0 Å². The number of carbonyl (C=O) groups excluding carboxylic acids is 1. The van der Waals surface area contributed by atoms with Crippen LogP contribution in [0.2, 0.25) is 0 Å². The van der Waals surface area contributed by atoms with E-state index in [4.69, 9.17) is 5.73 Å². The molecule has 1 aromatic rings. The number of amides is 1. The van der Waals surface area contributed by atoms with Crippen molar-refractivity contribution in [3.63, 3.8) is 0 Å². The van der Waals surface area contributed by atoms with Gasteiger partial charge in [0.2, 0.25) is 5.91 Å². The zero-order valence-electron chi connectivity index (χ0n) is 14.8. The molecule has 1 fully saturated rings. The number of hydrogen-bond acceptors (Lipinski definition) is 3. The van der Waals surface area contributed by atoms with Crippen LogP contribution in [0.25, 0.3) is 0 Å². The maximum Gasteiger partial charge on any atom is 0.220 e. The number of nitrogens with two attached hydrogens (primary N) is 1. The molecule has 1 amide bonds. The second kappa shape index (κ2) is 7.82.